The molecule has 0 bridgehead atoms. The molecule has 2 aromatic carbocycles. The average molecular weight is 425 g/mol. The number of H-pyrrole nitrogens is 1. The highest BCUT2D eigenvalue weighted by atomic mass is 35.5. The summed E-state index contributed by atoms with van der Waals surface area (Å²) in [6.45, 7) is 0. The summed E-state index contributed by atoms with van der Waals surface area (Å²) >= 11 is 6.01. The van der Waals surface area contributed by atoms with Gasteiger partial charge in [-0.1, -0.05) is 17.7 Å². The molecule has 0 fully saturated rings. The number of hydrogen-bond acceptors (Lipinski definition) is 4. The van der Waals surface area contributed by atoms with E-state index in [9.17, 15) is 4.79 Å². The average Bonchev–Trinajstić information content (AvgIpc) is 3.12. The van der Waals surface area contributed by atoms with Gasteiger partial charge in [0, 0.05) is 34.2 Å². The normalized spacial score (nSPS) is 12.6. The van der Waals surface area contributed by atoms with Crippen molar-refractivity contribution in [2.75, 3.05) is 23.4 Å². The summed E-state index contributed by atoms with van der Waals surface area (Å²) in [5.41, 5.74) is 9.25. The fourth-order valence-electron chi connectivity index (χ4n) is 3.21. The third-order valence-electron chi connectivity index (χ3n) is 4.51. The molecule has 0 unspecified atom stereocenters. The van der Waals surface area contributed by atoms with Gasteiger partial charge in [-0.3, -0.25) is 0 Å². The minimum atomic E-state index is -2.67. The quantitative estimate of drug-likeness (QED) is 0.360. The van der Waals surface area contributed by atoms with E-state index in [1.165, 1.54) is 18.2 Å². The molecule has 7 nitrogen and oxygen atoms in total. The van der Waals surface area contributed by atoms with Crippen molar-refractivity contribution in [2.24, 2.45) is 0 Å². The van der Waals surface area contributed by atoms with Gasteiger partial charge in [0.05, 0.1) is 22.5 Å². The lowest BCUT2D eigenvalue weighted by molar-refractivity contribution is 0.262. The van der Waals surface area contributed by atoms with Crippen LogP contribution in [0.25, 0.3) is 10.9 Å². The number of nitrogens with one attached hydrogen (secondary N) is 3. The van der Waals surface area contributed by atoms with Gasteiger partial charge in [-0.05, 0) is 54.1 Å². The molecule has 152 valence electrons. The van der Waals surface area contributed by atoms with Crippen molar-refractivity contribution in [2.45, 2.75) is 6.42 Å². The molecule has 5 N–H and O–H groups in total. The number of nitrogens with two attached hydrogens (primary N) is 1. The number of anilines is 3. The lowest BCUT2D eigenvalue weighted by Crippen LogP contribution is -2.19. The molecule has 4 aromatic rings. The molecule has 0 aliphatic carbocycles. The van der Waals surface area contributed by atoms with Gasteiger partial charge >= 0.3 is 6.03 Å². The van der Waals surface area contributed by atoms with Crippen LogP contribution in [0, 0.1) is 0 Å². The van der Waals surface area contributed by atoms with Gasteiger partial charge in [0.1, 0.15) is 11.6 Å². The lowest BCUT2D eigenvalue weighted by Gasteiger charge is -2.12. The van der Waals surface area contributed by atoms with E-state index in [0.29, 0.717) is 22.9 Å². The highest BCUT2D eigenvalue weighted by Gasteiger charge is 2.12. The number of aromatic nitrogens is 2. The van der Waals surface area contributed by atoms with Crippen LogP contribution in [0.4, 0.5) is 22.0 Å². The number of hydrogen-bond donors (Lipinski definition) is 4. The van der Waals surface area contributed by atoms with Crippen LogP contribution in [0.5, 0.6) is 5.75 Å². The molecule has 0 spiro atoms. The first kappa shape index (κ1) is 16.1. The fourth-order valence-corrected chi connectivity index (χ4v) is 3.38. The fraction of sp³-hybridized carbons (Fsp3) is 0.0909. The summed E-state index contributed by atoms with van der Waals surface area (Å²) in [4.78, 5) is 20.0. The number of halogens is 1. The number of nitrogens with zero attached hydrogens (tertiary/aromatic N) is 1. The Hall–Kier alpha value is -3.71. The van der Waals surface area contributed by atoms with Crippen LogP contribution in [0.3, 0.4) is 0 Å². The first-order chi connectivity index (χ1) is 15.7. The molecule has 4 rings (SSSR count). The zero-order valence-electron chi connectivity index (χ0n) is 18.7. The van der Waals surface area contributed by atoms with Gasteiger partial charge in [0.25, 0.3) is 0 Å². The van der Waals surface area contributed by atoms with Crippen LogP contribution in [-0.4, -0.2) is 23.0 Å². The number of methoxy groups -OCH3 is 1. The standard InChI is InChI=1S/C22H20ClN5O2/c1-30-20-6-5-14(23)11-19(20)28-22(29)27-18-4-2-3-17-16(18)12-15(26-17)9-13-7-8-25-21(24)10-13/h2-8,10-12,26H,9H2,1H3,(H2,24,25)(H2,27,28,29)/i1D3. The molecule has 8 heteroatoms. The highest BCUT2D eigenvalue weighted by molar-refractivity contribution is 6.31. The molecule has 2 heterocycles. The number of amides is 2. The van der Waals surface area contributed by atoms with Crippen LogP contribution in [-0.2, 0) is 6.42 Å². The van der Waals surface area contributed by atoms with Crippen LogP contribution in [0.1, 0.15) is 15.4 Å². The topological polar surface area (TPSA) is 105 Å². The molecular formula is C22H20ClN5O2. The van der Waals surface area contributed by atoms with Gasteiger partial charge in [-0.25, -0.2) is 9.78 Å². The second-order valence-electron chi connectivity index (χ2n) is 6.65. The van der Waals surface area contributed by atoms with Gasteiger partial charge in [0.15, 0.2) is 0 Å². The molecule has 2 aromatic heterocycles. The Morgan fingerprint density at radius 2 is 2.07 bits per heavy atom. The van der Waals surface area contributed by atoms with Crippen molar-refractivity contribution < 1.29 is 13.6 Å². The summed E-state index contributed by atoms with van der Waals surface area (Å²) in [5, 5.41) is 6.52. The van der Waals surface area contributed by atoms with Crippen LogP contribution in [0.15, 0.2) is 60.8 Å². The number of pyridine rings is 1. The molecule has 30 heavy (non-hydrogen) atoms. The van der Waals surface area contributed by atoms with Crippen molar-refractivity contribution in [3.05, 3.63) is 77.1 Å². The van der Waals surface area contributed by atoms with E-state index < -0.39 is 13.1 Å². The zero-order chi connectivity index (χ0) is 23.6. The van der Waals surface area contributed by atoms with Crippen LogP contribution in [0.2, 0.25) is 5.02 Å². The van der Waals surface area contributed by atoms with Crippen LogP contribution < -0.4 is 21.1 Å². The Kier molecular flexibility index (Phi) is 4.48. The Bertz CT molecular complexity index is 1320. The van der Waals surface area contributed by atoms with E-state index >= 15 is 0 Å². The third-order valence-corrected chi connectivity index (χ3v) is 4.74. The number of nitrogen functional groups attached to an aromatic ring is 1. The first-order valence-corrected chi connectivity index (χ1v) is 9.42. The first-order valence-electron chi connectivity index (χ1n) is 10.5. The monoisotopic (exact) mass is 424 g/mol. The summed E-state index contributed by atoms with van der Waals surface area (Å²) in [5.74, 6) is 0.429. The number of fused-ring (bicyclic) bond motifs is 1. The van der Waals surface area contributed by atoms with Crippen molar-refractivity contribution in [1.29, 1.82) is 0 Å². The number of benzene rings is 2. The summed E-state index contributed by atoms with van der Waals surface area (Å²) in [6.07, 6.45) is 2.27. The van der Waals surface area contributed by atoms with Crippen LogP contribution >= 0.6 is 11.6 Å². The second-order valence-corrected chi connectivity index (χ2v) is 7.09. The maximum Gasteiger partial charge on any atom is 0.323 e. The SMILES string of the molecule is [2H]C([2H])([2H])Oc1ccc(Cl)cc1NC(=O)Nc1cccc2[nH]c(Cc3ccnc(N)c3)cc12. The van der Waals surface area contributed by atoms with Crippen molar-refractivity contribution in [1.82, 2.24) is 9.97 Å². The minimum Gasteiger partial charge on any atom is -0.495 e. The van der Waals surface area contributed by atoms with Gasteiger partial charge in [0.2, 0.25) is 0 Å². The largest absolute Gasteiger partial charge is 0.495 e. The van der Waals surface area contributed by atoms with E-state index in [4.69, 9.17) is 26.2 Å². The molecule has 0 saturated heterocycles. The number of urea groups is 1. The Morgan fingerprint density at radius 3 is 2.90 bits per heavy atom. The van der Waals surface area contributed by atoms with E-state index in [1.807, 2.05) is 30.3 Å². The summed E-state index contributed by atoms with van der Waals surface area (Å²) < 4.78 is 26.9. The lowest BCUT2D eigenvalue weighted by atomic mass is 10.1. The van der Waals surface area contributed by atoms with Gasteiger partial charge in [-0.2, -0.15) is 0 Å². The number of rotatable bonds is 5. The molecule has 2 amide bonds. The summed E-state index contributed by atoms with van der Waals surface area (Å²) in [6, 6.07) is 14.8. The smallest absolute Gasteiger partial charge is 0.323 e. The van der Waals surface area contributed by atoms with Crippen molar-refractivity contribution >= 4 is 45.7 Å². The molecule has 0 radical (unpaired) electrons. The van der Waals surface area contributed by atoms with E-state index in [-0.39, 0.29) is 11.4 Å². The zero-order valence-corrected chi connectivity index (χ0v) is 16.5. The molecule has 0 saturated carbocycles. The molecule has 0 aliphatic rings. The maximum absolute atomic E-state index is 12.7. The maximum atomic E-state index is 12.7. The third kappa shape index (κ3) is 4.31. The second kappa shape index (κ2) is 8.34. The predicted octanol–water partition coefficient (Wildman–Crippen LogP) is 5.04. The van der Waals surface area contributed by atoms with E-state index in [1.54, 1.807) is 12.3 Å². The minimum absolute atomic E-state index is 0.0201. The molecule has 0 atom stereocenters. The van der Waals surface area contributed by atoms with E-state index in [0.717, 1.165) is 22.2 Å². The predicted molar refractivity (Wildman–Crippen MR) is 120 cm³/mol. The number of carbonyl (C=O) groups excluding carboxylic acids is 1. The molecular weight excluding hydrogens is 402 g/mol. The Balaban J connectivity index is 1.54. The van der Waals surface area contributed by atoms with Crippen molar-refractivity contribution in [3.8, 4) is 5.75 Å². The number of carbonyl (C=O) groups is 1. The Labute approximate surface area is 182 Å². The number of aromatic amines is 1. The van der Waals surface area contributed by atoms with E-state index in [2.05, 4.69) is 20.6 Å². The highest BCUT2D eigenvalue weighted by Crippen LogP contribution is 2.29. The van der Waals surface area contributed by atoms with Gasteiger partial charge < -0.3 is 26.1 Å². The number of ether oxygens (including phenoxy) is 1. The molecule has 0 aliphatic heterocycles. The van der Waals surface area contributed by atoms with Gasteiger partial charge in [-0.15, -0.1) is 0 Å². The Morgan fingerprint density at radius 1 is 1.20 bits per heavy atom. The summed E-state index contributed by atoms with van der Waals surface area (Å²) in [7, 11) is -2.67. The van der Waals surface area contributed by atoms with Crippen molar-refractivity contribution in [3.63, 3.8) is 0 Å².